The van der Waals surface area contributed by atoms with E-state index in [1.54, 1.807) is 12.1 Å². The van der Waals surface area contributed by atoms with E-state index in [0.29, 0.717) is 15.4 Å². The third-order valence-electron chi connectivity index (χ3n) is 5.16. The van der Waals surface area contributed by atoms with Gasteiger partial charge in [0, 0.05) is 17.6 Å². The molecule has 0 spiro atoms. The van der Waals surface area contributed by atoms with Gasteiger partial charge >= 0.3 is 41.3 Å². The first-order chi connectivity index (χ1) is 15.0. The molecule has 14 heteroatoms. The molecule has 2 heterocycles. The summed E-state index contributed by atoms with van der Waals surface area (Å²) in [6, 6.07) is 2.07. The van der Waals surface area contributed by atoms with Crippen molar-refractivity contribution in [2.24, 2.45) is 0 Å². The van der Waals surface area contributed by atoms with Crippen LogP contribution < -0.4 is 39.6 Å². The largest absolute Gasteiger partial charge is 1.00 e. The Bertz CT molecular complexity index is 1030. The average Bonchev–Trinajstić information content (AvgIpc) is 3.14. The summed E-state index contributed by atoms with van der Waals surface area (Å²) >= 11 is 9.61. The van der Waals surface area contributed by atoms with Crippen LogP contribution in [0.4, 0.5) is 0 Å². The van der Waals surface area contributed by atoms with Gasteiger partial charge in [-0.05, 0) is 28.1 Å². The molecule has 1 aromatic heterocycles. The van der Waals surface area contributed by atoms with Crippen LogP contribution in [0.3, 0.4) is 0 Å². The number of nitrogens with one attached hydrogen (secondary N) is 2. The summed E-state index contributed by atoms with van der Waals surface area (Å²) in [5.41, 5.74) is 0.536. The van der Waals surface area contributed by atoms with Crippen LogP contribution in [-0.4, -0.2) is 85.2 Å². The van der Waals surface area contributed by atoms with Crippen molar-refractivity contribution in [1.82, 2.24) is 10.3 Å². The maximum absolute atomic E-state index is 12.3. The fraction of sp³-hybridized carbons (Fsp3) is 0.474. The average molecular weight is 562 g/mol. The van der Waals surface area contributed by atoms with E-state index in [0.717, 1.165) is 6.92 Å². The smallest absolute Gasteiger partial charge is 1.00 e. The molecule has 1 aliphatic heterocycles. The predicted molar refractivity (Wildman–Crippen MR) is 115 cm³/mol. The molecule has 178 valence electrons. The number of hydrogen-bond acceptors (Lipinski definition) is 8. The van der Waals surface area contributed by atoms with Gasteiger partial charge in [-0.3, -0.25) is 4.79 Å². The van der Waals surface area contributed by atoms with E-state index in [1.807, 2.05) is 0 Å². The van der Waals surface area contributed by atoms with Crippen molar-refractivity contribution >= 4 is 50.3 Å². The number of aliphatic hydroxyl groups is 4. The van der Waals surface area contributed by atoms with E-state index in [9.17, 15) is 35.1 Å². The van der Waals surface area contributed by atoms with Crippen molar-refractivity contribution in [1.29, 1.82) is 0 Å². The zero-order valence-electron chi connectivity index (χ0n) is 18.7. The number of ether oxygens (including phenoxy) is 2. The Kier molecular flexibility index (Phi) is 9.61. The number of H-pyrrole nitrogens is 1. The third-order valence-corrected chi connectivity index (χ3v) is 6.44. The van der Waals surface area contributed by atoms with E-state index in [4.69, 9.17) is 21.1 Å². The molecular formula is C19H23BrClN2NaO9. The van der Waals surface area contributed by atoms with Crippen LogP contribution in [0.2, 0.25) is 5.02 Å². The minimum Gasteiger partial charge on any atom is -1.00 e. The monoisotopic (exact) mass is 560 g/mol. The second-order valence-corrected chi connectivity index (χ2v) is 8.65. The Morgan fingerprint density at radius 2 is 2.12 bits per heavy atom. The topological polar surface area (TPSA) is 182 Å². The van der Waals surface area contributed by atoms with Crippen molar-refractivity contribution in [3.63, 3.8) is 0 Å². The molecule has 11 nitrogen and oxygen atoms in total. The molecule has 3 rings (SSSR count). The summed E-state index contributed by atoms with van der Waals surface area (Å²) < 4.78 is 11.9. The molecule has 0 bridgehead atoms. The number of aromatic amines is 1. The van der Waals surface area contributed by atoms with Crippen LogP contribution in [0.25, 0.3) is 10.9 Å². The fourth-order valence-corrected chi connectivity index (χ4v) is 4.21. The van der Waals surface area contributed by atoms with Gasteiger partial charge in [0.25, 0.3) is 0 Å². The molecule has 33 heavy (non-hydrogen) atoms. The Morgan fingerprint density at radius 1 is 1.45 bits per heavy atom. The summed E-state index contributed by atoms with van der Waals surface area (Å²) in [4.78, 5) is 26.8. The SMILES string of the molecule is CC(=O)N[C@H]1[C@H]([C@H](O)[C@H](O)CO)O[C@@](Oc2c[nH]c3ccc(Br)c(Cl)c23)(C(=O)O)C[C@@H]1O.[H-].[Na+]. The second-order valence-electron chi connectivity index (χ2n) is 7.42. The van der Waals surface area contributed by atoms with Gasteiger partial charge in [0.1, 0.15) is 18.3 Å². The number of amides is 1. The molecule has 0 unspecified atom stereocenters. The molecule has 2 aromatic rings. The number of aromatic nitrogens is 1. The second kappa shape index (κ2) is 11.2. The molecule has 6 atom stereocenters. The quantitative estimate of drug-likeness (QED) is 0.176. The van der Waals surface area contributed by atoms with Gasteiger partial charge in [-0.1, -0.05) is 11.6 Å². The number of halogens is 2. The number of carboxylic acids is 1. The van der Waals surface area contributed by atoms with Crippen LogP contribution in [0.1, 0.15) is 14.8 Å². The number of fused-ring (bicyclic) bond motifs is 1. The number of benzene rings is 1. The zero-order valence-corrected chi connectivity index (χ0v) is 22.0. The van der Waals surface area contributed by atoms with Gasteiger partial charge in [0.05, 0.1) is 41.1 Å². The van der Waals surface area contributed by atoms with E-state index < -0.39 is 61.1 Å². The van der Waals surface area contributed by atoms with Crippen molar-refractivity contribution in [3.8, 4) is 5.75 Å². The first-order valence-electron chi connectivity index (χ1n) is 9.48. The van der Waals surface area contributed by atoms with Crippen molar-refractivity contribution in [2.45, 2.75) is 49.6 Å². The molecule has 0 aliphatic carbocycles. The number of carboxylic acid groups (broad SMARTS) is 1. The molecule has 0 radical (unpaired) electrons. The minimum atomic E-state index is -2.52. The standard InChI is InChI=1S/C19H22BrClN2O9.Na.H/c1-7(25)23-15-10(26)4-19(18(29)30,32-17(15)16(28)11(27)6-24)31-12-5-22-9-3-2-8(20)14(21)13(9)12;;/h2-3,5,10-11,15-17,22,24,26-28H,4,6H2,1H3,(H,23,25)(H,29,30);;/q;+1;-1/t10-,11+,15+,16+,17+,19+;;/m0../s1. The number of carbonyl (C=O) groups is 2. The Labute approximate surface area is 224 Å². The maximum atomic E-state index is 12.3. The Morgan fingerprint density at radius 3 is 2.70 bits per heavy atom. The first kappa shape index (κ1) is 28.3. The van der Waals surface area contributed by atoms with E-state index in [-0.39, 0.29) is 41.8 Å². The van der Waals surface area contributed by atoms with Gasteiger partial charge in [-0.2, -0.15) is 0 Å². The van der Waals surface area contributed by atoms with E-state index in [1.165, 1.54) is 6.20 Å². The van der Waals surface area contributed by atoms with Crippen LogP contribution in [0.5, 0.6) is 5.75 Å². The van der Waals surface area contributed by atoms with Gasteiger partial charge in [0.2, 0.25) is 5.91 Å². The van der Waals surface area contributed by atoms with Crippen molar-refractivity contribution in [2.75, 3.05) is 6.61 Å². The van der Waals surface area contributed by atoms with Crippen LogP contribution in [0, 0.1) is 0 Å². The van der Waals surface area contributed by atoms with E-state index in [2.05, 4.69) is 26.2 Å². The molecule has 7 N–H and O–H groups in total. The van der Waals surface area contributed by atoms with Gasteiger partial charge in [0.15, 0.2) is 5.75 Å². The van der Waals surface area contributed by atoms with Gasteiger partial charge in [-0.25, -0.2) is 4.79 Å². The van der Waals surface area contributed by atoms with Crippen LogP contribution in [-0.2, 0) is 14.3 Å². The summed E-state index contributed by atoms with van der Waals surface area (Å²) in [5, 5.41) is 53.2. The Hall–Kier alpha value is -0.930. The fourth-order valence-electron chi connectivity index (χ4n) is 3.62. The predicted octanol–water partition coefficient (Wildman–Crippen LogP) is -2.77. The summed E-state index contributed by atoms with van der Waals surface area (Å²) in [6.45, 7) is 0.275. The number of carbonyl (C=O) groups excluding carboxylic acids is 1. The van der Waals surface area contributed by atoms with Gasteiger partial charge < -0.3 is 46.7 Å². The van der Waals surface area contributed by atoms with Crippen LogP contribution in [0.15, 0.2) is 22.8 Å². The summed E-state index contributed by atoms with van der Waals surface area (Å²) in [7, 11) is 0. The molecule has 1 saturated heterocycles. The molecular weight excluding hydrogens is 539 g/mol. The Balaban J connectivity index is 0.00000289. The van der Waals surface area contributed by atoms with E-state index >= 15 is 0 Å². The third kappa shape index (κ3) is 5.67. The number of rotatable bonds is 7. The van der Waals surface area contributed by atoms with Crippen molar-refractivity contribution < 1.29 is 75.6 Å². The molecule has 0 saturated carbocycles. The molecule has 1 aromatic carbocycles. The summed E-state index contributed by atoms with van der Waals surface area (Å²) in [5.74, 6) is -4.75. The number of aliphatic carboxylic acids is 1. The molecule has 1 aliphatic rings. The molecule has 1 fully saturated rings. The summed E-state index contributed by atoms with van der Waals surface area (Å²) in [6.07, 6.45) is -6.09. The number of hydrogen-bond donors (Lipinski definition) is 7. The van der Waals surface area contributed by atoms with Gasteiger partial charge in [-0.15, -0.1) is 0 Å². The maximum Gasteiger partial charge on any atom is 1.00 e. The normalized spacial score (nSPS) is 26.8. The number of aliphatic hydroxyl groups excluding tert-OH is 4. The van der Waals surface area contributed by atoms with Crippen LogP contribution >= 0.6 is 27.5 Å². The minimum absolute atomic E-state index is 0. The first-order valence-corrected chi connectivity index (χ1v) is 10.6. The van der Waals surface area contributed by atoms with Crippen molar-refractivity contribution in [3.05, 3.63) is 27.8 Å². The molecule has 1 amide bonds. The zero-order chi connectivity index (χ0) is 23.8.